The highest BCUT2D eigenvalue weighted by molar-refractivity contribution is 5.90. The van der Waals surface area contributed by atoms with Crippen LogP contribution in [0.4, 0.5) is 16.2 Å². The van der Waals surface area contributed by atoms with E-state index in [2.05, 4.69) is 15.5 Å². The van der Waals surface area contributed by atoms with E-state index in [1.165, 1.54) is 0 Å². The lowest BCUT2D eigenvalue weighted by atomic mass is 9.99. The summed E-state index contributed by atoms with van der Waals surface area (Å²) in [7, 11) is 0. The van der Waals surface area contributed by atoms with E-state index in [0.29, 0.717) is 25.2 Å². The van der Waals surface area contributed by atoms with Gasteiger partial charge >= 0.3 is 12.0 Å². The summed E-state index contributed by atoms with van der Waals surface area (Å²) in [6.07, 6.45) is 0.339. The normalized spacial score (nSPS) is 14.6. The first kappa shape index (κ1) is 20.5. The van der Waals surface area contributed by atoms with Crippen molar-refractivity contribution in [3.8, 4) is 0 Å². The van der Waals surface area contributed by atoms with Crippen molar-refractivity contribution in [2.75, 3.05) is 36.4 Å². The summed E-state index contributed by atoms with van der Waals surface area (Å²) in [6, 6.07) is 7.18. The number of anilines is 2. The van der Waals surface area contributed by atoms with Crippen LogP contribution in [0.5, 0.6) is 0 Å². The van der Waals surface area contributed by atoms with E-state index >= 15 is 0 Å². The number of rotatable bonds is 6. The van der Waals surface area contributed by atoms with Crippen molar-refractivity contribution in [3.63, 3.8) is 0 Å². The minimum atomic E-state index is -0.886. The Morgan fingerprint density at radius 3 is 2.41 bits per heavy atom. The Bertz CT molecular complexity index is 697. The Kier molecular flexibility index (Phi) is 6.65. The second kappa shape index (κ2) is 8.75. The monoisotopic (exact) mass is 376 g/mol. The van der Waals surface area contributed by atoms with Gasteiger partial charge in [0, 0.05) is 56.4 Å². The molecule has 8 nitrogen and oxygen atoms in total. The second-order valence-electron chi connectivity index (χ2n) is 7.40. The molecule has 27 heavy (non-hydrogen) atoms. The van der Waals surface area contributed by atoms with Crippen LogP contribution in [0, 0.1) is 0 Å². The van der Waals surface area contributed by atoms with E-state index in [0.717, 1.165) is 18.8 Å². The van der Waals surface area contributed by atoms with Crippen LogP contribution in [0.1, 0.15) is 33.6 Å². The van der Waals surface area contributed by atoms with Crippen molar-refractivity contribution in [2.24, 2.45) is 0 Å². The molecule has 148 valence electrons. The predicted molar refractivity (Wildman–Crippen MR) is 104 cm³/mol. The van der Waals surface area contributed by atoms with E-state index in [-0.39, 0.29) is 18.4 Å². The van der Waals surface area contributed by atoms with E-state index in [1.807, 2.05) is 23.1 Å². The van der Waals surface area contributed by atoms with Gasteiger partial charge in [-0.2, -0.15) is 0 Å². The molecule has 0 atom stereocenters. The summed E-state index contributed by atoms with van der Waals surface area (Å²) in [6.45, 7) is 8.03. The Labute approximate surface area is 159 Å². The number of benzene rings is 1. The molecule has 0 radical (unpaired) electrons. The number of carboxylic acids is 1. The zero-order valence-corrected chi connectivity index (χ0v) is 16.1. The number of piperazine rings is 1. The van der Waals surface area contributed by atoms with E-state index in [4.69, 9.17) is 5.11 Å². The Morgan fingerprint density at radius 2 is 1.81 bits per heavy atom. The highest BCUT2D eigenvalue weighted by Gasteiger charge is 2.22. The van der Waals surface area contributed by atoms with Crippen LogP contribution in [-0.4, -0.2) is 59.6 Å². The summed E-state index contributed by atoms with van der Waals surface area (Å²) in [5, 5.41) is 14.4. The molecule has 0 aliphatic carbocycles. The number of carboxylic acid groups (broad SMARTS) is 1. The molecule has 0 bridgehead atoms. The summed E-state index contributed by atoms with van der Waals surface area (Å²) in [5.74, 6) is -0.796. The second-order valence-corrected chi connectivity index (χ2v) is 7.40. The molecule has 8 heteroatoms. The number of carbonyl (C=O) groups excluding carboxylic acids is 2. The number of hydrogen-bond acceptors (Lipinski definition) is 4. The summed E-state index contributed by atoms with van der Waals surface area (Å²) in [4.78, 5) is 38.4. The van der Waals surface area contributed by atoms with Gasteiger partial charge in [0.25, 0.3) is 0 Å². The fourth-order valence-electron chi connectivity index (χ4n) is 3.01. The van der Waals surface area contributed by atoms with Crippen molar-refractivity contribution < 1.29 is 19.5 Å². The van der Waals surface area contributed by atoms with Gasteiger partial charge in [-0.15, -0.1) is 0 Å². The van der Waals surface area contributed by atoms with Gasteiger partial charge in [0.15, 0.2) is 0 Å². The standard InChI is InChI=1S/C19H28N4O4/c1-14(24)22-9-11-23(12-10-22)16-6-4-5-15(13-16)20-18(27)21-19(2,3)8-7-17(25)26/h4-6,13H,7-12H2,1-3H3,(H,25,26)(H2,20,21,27). The molecular weight excluding hydrogens is 348 g/mol. The fourth-order valence-corrected chi connectivity index (χ4v) is 3.01. The van der Waals surface area contributed by atoms with Gasteiger partial charge in [-0.05, 0) is 38.5 Å². The number of amides is 3. The van der Waals surface area contributed by atoms with Gasteiger partial charge in [-0.1, -0.05) is 6.07 Å². The Morgan fingerprint density at radius 1 is 1.15 bits per heavy atom. The summed E-state index contributed by atoms with van der Waals surface area (Å²) >= 11 is 0. The lowest BCUT2D eigenvalue weighted by molar-refractivity contribution is -0.137. The third-order valence-corrected chi connectivity index (χ3v) is 4.61. The zero-order chi connectivity index (χ0) is 20.0. The smallest absolute Gasteiger partial charge is 0.319 e. The molecule has 1 fully saturated rings. The highest BCUT2D eigenvalue weighted by Crippen LogP contribution is 2.21. The quantitative estimate of drug-likeness (QED) is 0.706. The van der Waals surface area contributed by atoms with Crippen molar-refractivity contribution >= 4 is 29.3 Å². The van der Waals surface area contributed by atoms with E-state index in [1.54, 1.807) is 26.8 Å². The fraction of sp³-hybridized carbons (Fsp3) is 0.526. The molecule has 2 rings (SSSR count). The first-order chi connectivity index (χ1) is 12.7. The highest BCUT2D eigenvalue weighted by atomic mass is 16.4. The summed E-state index contributed by atoms with van der Waals surface area (Å²) in [5.41, 5.74) is 1.03. The molecule has 0 unspecified atom stereocenters. The largest absolute Gasteiger partial charge is 0.481 e. The van der Waals surface area contributed by atoms with Crippen LogP contribution in [-0.2, 0) is 9.59 Å². The van der Waals surface area contributed by atoms with Crippen molar-refractivity contribution in [1.29, 1.82) is 0 Å². The van der Waals surface area contributed by atoms with Gasteiger partial charge in [0.05, 0.1) is 0 Å². The topological polar surface area (TPSA) is 102 Å². The third-order valence-electron chi connectivity index (χ3n) is 4.61. The molecule has 3 N–H and O–H groups in total. The molecule has 1 saturated heterocycles. The lowest BCUT2D eigenvalue weighted by Gasteiger charge is -2.35. The molecule has 1 aliphatic rings. The van der Waals surface area contributed by atoms with Crippen LogP contribution in [0.15, 0.2) is 24.3 Å². The number of nitrogens with zero attached hydrogens (tertiary/aromatic N) is 2. The predicted octanol–water partition coefficient (Wildman–Crippen LogP) is 2.12. The van der Waals surface area contributed by atoms with Gasteiger partial charge in [-0.25, -0.2) is 4.79 Å². The first-order valence-electron chi connectivity index (χ1n) is 9.08. The maximum atomic E-state index is 12.3. The van der Waals surface area contributed by atoms with Crippen molar-refractivity contribution in [1.82, 2.24) is 10.2 Å². The number of aliphatic carboxylic acids is 1. The molecule has 0 spiro atoms. The SMILES string of the molecule is CC(=O)N1CCN(c2cccc(NC(=O)NC(C)(C)CCC(=O)O)c2)CC1. The Balaban J connectivity index is 1.92. The molecular formula is C19H28N4O4. The minimum Gasteiger partial charge on any atom is -0.481 e. The Hall–Kier alpha value is -2.77. The number of hydrogen-bond donors (Lipinski definition) is 3. The molecule has 1 aromatic carbocycles. The van der Waals surface area contributed by atoms with E-state index in [9.17, 15) is 14.4 Å². The molecule has 1 aromatic rings. The maximum absolute atomic E-state index is 12.3. The lowest BCUT2D eigenvalue weighted by Crippen LogP contribution is -2.48. The molecule has 0 saturated carbocycles. The number of urea groups is 1. The first-order valence-corrected chi connectivity index (χ1v) is 9.08. The molecule has 0 aromatic heterocycles. The molecule has 1 heterocycles. The summed E-state index contributed by atoms with van der Waals surface area (Å²) < 4.78 is 0. The van der Waals surface area contributed by atoms with Gasteiger partial charge in [0.2, 0.25) is 5.91 Å². The van der Waals surface area contributed by atoms with Gasteiger partial charge < -0.3 is 25.5 Å². The zero-order valence-electron chi connectivity index (χ0n) is 16.1. The van der Waals surface area contributed by atoms with Crippen LogP contribution >= 0.6 is 0 Å². The average molecular weight is 376 g/mol. The minimum absolute atomic E-state index is 0.00495. The molecule has 1 aliphatic heterocycles. The van der Waals surface area contributed by atoms with Crippen LogP contribution < -0.4 is 15.5 Å². The van der Waals surface area contributed by atoms with Crippen LogP contribution in [0.3, 0.4) is 0 Å². The number of carbonyl (C=O) groups is 3. The molecule has 3 amide bonds. The maximum Gasteiger partial charge on any atom is 0.319 e. The van der Waals surface area contributed by atoms with Crippen molar-refractivity contribution in [3.05, 3.63) is 24.3 Å². The van der Waals surface area contributed by atoms with Gasteiger partial charge in [-0.3, -0.25) is 9.59 Å². The van der Waals surface area contributed by atoms with E-state index < -0.39 is 11.5 Å². The van der Waals surface area contributed by atoms with Crippen LogP contribution in [0.25, 0.3) is 0 Å². The van der Waals surface area contributed by atoms with Crippen LogP contribution in [0.2, 0.25) is 0 Å². The van der Waals surface area contributed by atoms with Crippen molar-refractivity contribution in [2.45, 2.75) is 39.2 Å². The third kappa shape index (κ3) is 6.47. The average Bonchev–Trinajstić information content (AvgIpc) is 2.60. The van der Waals surface area contributed by atoms with Gasteiger partial charge in [0.1, 0.15) is 0 Å². The number of nitrogens with one attached hydrogen (secondary N) is 2.